The molecule has 0 N–H and O–H groups in total. The lowest BCUT2D eigenvalue weighted by Gasteiger charge is -2.19. The molecule has 1 aromatic heterocycles. The largest absolute Gasteiger partial charge is 0.240 e. The number of para-hydroxylation sites is 1. The van der Waals surface area contributed by atoms with E-state index in [0.717, 1.165) is 10.5 Å². The minimum atomic E-state index is 0.0947. The van der Waals surface area contributed by atoms with Crippen molar-refractivity contribution in [1.82, 2.24) is 4.98 Å². The molecule has 3 heteroatoms. The Kier molecular flexibility index (Phi) is 2.69. The smallest absolute Gasteiger partial charge is 0.108 e. The second-order valence-electron chi connectivity index (χ2n) is 4.84. The minimum absolute atomic E-state index is 0.0947. The Labute approximate surface area is 99.6 Å². The Morgan fingerprint density at radius 2 is 2.12 bits per heavy atom. The highest BCUT2D eigenvalue weighted by atomic mass is 32.1. The summed E-state index contributed by atoms with van der Waals surface area (Å²) in [5, 5.41) is 9.60. The van der Waals surface area contributed by atoms with Gasteiger partial charge < -0.3 is 0 Å². The maximum absolute atomic E-state index is 8.69. The van der Waals surface area contributed by atoms with Gasteiger partial charge in [0.1, 0.15) is 5.01 Å². The van der Waals surface area contributed by atoms with E-state index >= 15 is 0 Å². The third kappa shape index (κ3) is 1.94. The minimum Gasteiger partial charge on any atom is -0.240 e. The van der Waals surface area contributed by atoms with Gasteiger partial charge in [0.05, 0.1) is 22.7 Å². The van der Waals surface area contributed by atoms with Crippen molar-refractivity contribution in [3.05, 3.63) is 28.8 Å². The maximum atomic E-state index is 8.69. The second-order valence-corrected chi connectivity index (χ2v) is 5.96. The zero-order chi connectivity index (χ0) is 11.8. The van der Waals surface area contributed by atoms with E-state index in [0.29, 0.717) is 6.42 Å². The summed E-state index contributed by atoms with van der Waals surface area (Å²) in [5.74, 6) is 0. The zero-order valence-corrected chi connectivity index (χ0v) is 10.6. The number of thiazole rings is 1. The molecule has 0 saturated carbocycles. The molecule has 0 aliphatic heterocycles. The maximum Gasteiger partial charge on any atom is 0.108 e. The predicted octanol–water partition coefficient (Wildman–Crippen LogP) is 3.66. The van der Waals surface area contributed by atoms with Gasteiger partial charge in [0.25, 0.3) is 0 Å². The molecule has 2 aromatic rings. The summed E-state index contributed by atoms with van der Waals surface area (Å²) in [4.78, 5) is 4.56. The van der Waals surface area contributed by atoms with Gasteiger partial charge >= 0.3 is 0 Å². The molecule has 0 aliphatic rings. The number of benzene rings is 1. The van der Waals surface area contributed by atoms with Crippen LogP contribution in [0.1, 0.15) is 31.3 Å². The topological polar surface area (TPSA) is 36.7 Å². The van der Waals surface area contributed by atoms with Crippen LogP contribution in [-0.4, -0.2) is 4.98 Å². The first-order valence-electron chi connectivity index (χ1n) is 5.28. The van der Waals surface area contributed by atoms with E-state index in [2.05, 4.69) is 50.0 Å². The van der Waals surface area contributed by atoms with Crippen LogP contribution >= 0.6 is 11.3 Å². The lowest BCUT2D eigenvalue weighted by Crippen LogP contribution is -2.11. The number of hydrogen-bond acceptors (Lipinski definition) is 3. The zero-order valence-electron chi connectivity index (χ0n) is 9.74. The lowest BCUT2D eigenvalue weighted by molar-refractivity contribution is 0.595. The second kappa shape index (κ2) is 3.88. The molecule has 1 heterocycles. The number of rotatable bonds is 1. The Hall–Kier alpha value is -1.40. The summed E-state index contributed by atoms with van der Waals surface area (Å²) in [6.07, 6.45) is 0.406. The highest BCUT2D eigenvalue weighted by Crippen LogP contribution is 2.32. The van der Waals surface area contributed by atoms with Crippen molar-refractivity contribution in [1.29, 1.82) is 5.26 Å². The van der Waals surface area contributed by atoms with E-state index in [1.54, 1.807) is 11.3 Å². The molecule has 0 atom stereocenters. The van der Waals surface area contributed by atoms with Gasteiger partial charge in [-0.1, -0.05) is 32.9 Å². The molecule has 0 saturated heterocycles. The normalized spacial score (nSPS) is 11.6. The van der Waals surface area contributed by atoms with Gasteiger partial charge in [-0.15, -0.1) is 11.3 Å². The molecule has 2 nitrogen and oxygen atoms in total. The summed E-state index contributed by atoms with van der Waals surface area (Å²) < 4.78 is 1.18. The fraction of sp³-hybridized carbons (Fsp3) is 0.385. The van der Waals surface area contributed by atoms with Gasteiger partial charge in [0.15, 0.2) is 0 Å². The van der Waals surface area contributed by atoms with Gasteiger partial charge in [-0.2, -0.15) is 5.26 Å². The van der Waals surface area contributed by atoms with E-state index in [4.69, 9.17) is 5.26 Å². The van der Waals surface area contributed by atoms with Gasteiger partial charge in [-0.3, -0.25) is 0 Å². The Morgan fingerprint density at radius 1 is 1.38 bits per heavy atom. The molecule has 0 unspecified atom stereocenters. The molecule has 0 amide bonds. The number of nitriles is 1. The predicted molar refractivity (Wildman–Crippen MR) is 67.6 cm³/mol. The molecular weight excluding hydrogens is 216 g/mol. The van der Waals surface area contributed by atoms with Gasteiger partial charge in [-0.05, 0) is 17.0 Å². The van der Waals surface area contributed by atoms with Crippen LogP contribution in [0.2, 0.25) is 0 Å². The average Bonchev–Trinajstić information content (AvgIpc) is 2.58. The van der Waals surface area contributed by atoms with Crippen molar-refractivity contribution in [2.24, 2.45) is 0 Å². The van der Waals surface area contributed by atoms with Crippen LogP contribution in [0.25, 0.3) is 10.2 Å². The quantitative estimate of drug-likeness (QED) is 0.749. The molecule has 2 rings (SSSR count). The number of hydrogen-bond donors (Lipinski definition) is 0. The summed E-state index contributed by atoms with van der Waals surface area (Å²) in [6, 6.07) is 8.41. The molecule has 0 spiro atoms. The highest BCUT2D eigenvalue weighted by molar-refractivity contribution is 7.18. The molecule has 16 heavy (non-hydrogen) atoms. The fourth-order valence-corrected chi connectivity index (χ4v) is 2.67. The molecular formula is C13H14N2S. The fourth-order valence-electron chi connectivity index (χ4n) is 1.74. The van der Waals surface area contributed by atoms with E-state index in [9.17, 15) is 0 Å². The van der Waals surface area contributed by atoms with Crippen LogP contribution in [-0.2, 0) is 11.8 Å². The van der Waals surface area contributed by atoms with Crippen molar-refractivity contribution in [3.63, 3.8) is 0 Å². The SMILES string of the molecule is CC(C)(C)c1cccc2sc(CC#N)nc12. The van der Waals surface area contributed by atoms with Crippen molar-refractivity contribution in [3.8, 4) is 6.07 Å². The molecule has 82 valence electrons. The Morgan fingerprint density at radius 3 is 2.75 bits per heavy atom. The molecule has 1 aromatic carbocycles. The van der Waals surface area contributed by atoms with Gasteiger partial charge in [0.2, 0.25) is 0 Å². The highest BCUT2D eigenvalue weighted by Gasteiger charge is 2.18. The molecule has 0 aliphatic carbocycles. The first-order chi connectivity index (χ1) is 7.52. The van der Waals surface area contributed by atoms with E-state index in [1.807, 2.05) is 0 Å². The summed E-state index contributed by atoms with van der Waals surface area (Å²) in [5.41, 5.74) is 2.41. The van der Waals surface area contributed by atoms with Gasteiger partial charge in [-0.25, -0.2) is 4.98 Å². The number of nitrogens with zero attached hydrogens (tertiary/aromatic N) is 2. The van der Waals surface area contributed by atoms with Crippen LogP contribution < -0.4 is 0 Å². The van der Waals surface area contributed by atoms with Crippen LogP contribution in [0.4, 0.5) is 0 Å². The van der Waals surface area contributed by atoms with E-state index < -0.39 is 0 Å². The van der Waals surface area contributed by atoms with Crippen LogP contribution in [0.15, 0.2) is 18.2 Å². The lowest BCUT2D eigenvalue weighted by atomic mass is 9.86. The van der Waals surface area contributed by atoms with Crippen molar-refractivity contribution in [2.75, 3.05) is 0 Å². The summed E-state index contributed by atoms with van der Waals surface area (Å²) in [6.45, 7) is 6.56. The van der Waals surface area contributed by atoms with E-state index in [1.165, 1.54) is 10.3 Å². The van der Waals surface area contributed by atoms with Crippen LogP contribution in [0.5, 0.6) is 0 Å². The Bertz CT molecular complexity index is 555. The number of fused-ring (bicyclic) bond motifs is 1. The van der Waals surface area contributed by atoms with Gasteiger partial charge in [0, 0.05) is 0 Å². The summed E-state index contributed by atoms with van der Waals surface area (Å²) in [7, 11) is 0. The third-order valence-electron chi connectivity index (χ3n) is 2.50. The first kappa shape index (κ1) is 11.1. The Balaban J connectivity index is 2.64. The van der Waals surface area contributed by atoms with Crippen molar-refractivity contribution >= 4 is 21.6 Å². The van der Waals surface area contributed by atoms with E-state index in [-0.39, 0.29) is 5.41 Å². The van der Waals surface area contributed by atoms with Crippen molar-refractivity contribution < 1.29 is 0 Å². The third-order valence-corrected chi connectivity index (χ3v) is 3.52. The van der Waals surface area contributed by atoms with Crippen LogP contribution in [0, 0.1) is 11.3 Å². The van der Waals surface area contributed by atoms with Crippen LogP contribution in [0.3, 0.4) is 0 Å². The monoisotopic (exact) mass is 230 g/mol. The summed E-state index contributed by atoms with van der Waals surface area (Å²) >= 11 is 1.62. The average molecular weight is 230 g/mol. The molecule has 0 radical (unpaired) electrons. The standard InChI is InChI=1S/C13H14N2S/c1-13(2,3)9-5-4-6-10-12(9)15-11(16-10)7-8-14/h4-6H,7H2,1-3H3. The molecule has 0 fully saturated rings. The molecule has 0 bridgehead atoms. The number of aromatic nitrogens is 1. The van der Waals surface area contributed by atoms with Crippen molar-refractivity contribution in [2.45, 2.75) is 32.6 Å². The first-order valence-corrected chi connectivity index (χ1v) is 6.10.